The van der Waals surface area contributed by atoms with Gasteiger partial charge in [0.1, 0.15) is 6.10 Å². The summed E-state index contributed by atoms with van der Waals surface area (Å²) in [5.41, 5.74) is 0. The molecule has 142 valence electrons. The van der Waals surface area contributed by atoms with Gasteiger partial charge >= 0.3 is 0 Å². The first-order valence-electron chi connectivity index (χ1n) is 10.6. The second-order valence-corrected chi connectivity index (χ2v) is 7.58. The van der Waals surface area contributed by atoms with Crippen LogP contribution < -0.4 is 0 Å². The van der Waals surface area contributed by atoms with Crippen LogP contribution in [0.15, 0.2) is 0 Å². The van der Waals surface area contributed by atoms with Crippen molar-refractivity contribution in [1.29, 1.82) is 0 Å². The molecule has 0 N–H and O–H groups in total. The van der Waals surface area contributed by atoms with Gasteiger partial charge in [-0.1, -0.05) is 66.2 Å². The number of hydrogen-bond donors (Lipinski definition) is 0. The van der Waals surface area contributed by atoms with Crippen molar-refractivity contribution in [2.75, 3.05) is 19.7 Å². The molecule has 0 aromatic heterocycles. The lowest BCUT2D eigenvalue weighted by Gasteiger charge is -2.32. The summed E-state index contributed by atoms with van der Waals surface area (Å²) in [7, 11) is 0. The van der Waals surface area contributed by atoms with Crippen LogP contribution in [-0.2, 0) is 9.53 Å². The highest BCUT2D eigenvalue weighted by Gasteiger charge is 2.30. The van der Waals surface area contributed by atoms with E-state index in [1.54, 1.807) is 0 Å². The number of nitrogens with zero attached hydrogens (tertiary/aromatic N) is 1. The third kappa shape index (κ3) is 7.55. The highest BCUT2D eigenvalue weighted by atomic mass is 16.5. The molecule has 1 saturated heterocycles. The number of amides is 1. The van der Waals surface area contributed by atoms with Crippen molar-refractivity contribution in [3.05, 3.63) is 0 Å². The summed E-state index contributed by atoms with van der Waals surface area (Å²) in [6, 6.07) is 0. The van der Waals surface area contributed by atoms with Crippen LogP contribution in [0.1, 0.15) is 91.9 Å². The minimum absolute atomic E-state index is 0.169. The molecule has 1 aliphatic heterocycles. The molecular formula is C21H41NO2. The first-order chi connectivity index (χ1) is 11.7. The molecule has 1 fully saturated rings. The second-order valence-electron chi connectivity index (χ2n) is 7.58. The molecule has 1 rings (SSSR count). The topological polar surface area (TPSA) is 29.5 Å². The summed E-state index contributed by atoms with van der Waals surface area (Å²) in [6.45, 7) is 11.6. The molecule has 0 aromatic carbocycles. The molecule has 0 spiro atoms. The van der Waals surface area contributed by atoms with Gasteiger partial charge in [0.15, 0.2) is 0 Å². The first-order valence-corrected chi connectivity index (χ1v) is 10.6. The highest BCUT2D eigenvalue weighted by Crippen LogP contribution is 2.22. The van der Waals surface area contributed by atoms with Crippen LogP contribution in [0.25, 0.3) is 0 Å². The van der Waals surface area contributed by atoms with E-state index in [0.717, 1.165) is 32.5 Å². The largest absolute Gasteiger partial charge is 0.368 e. The monoisotopic (exact) mass is 339 g/mol. The summed E-state index contributed by atoms with van der Waals surface area (Å²) in [4.78, 5) is 15.2. The van der Waals surface area contributed by atoms with Crippen LogP contribution in [0.2, 0.25) is 0 Å². The standard InChI is InChI=1S/C21H41NO2/c1-5-9-12-18(7-3)16-22(17-19(8-4)13-10-6-2)21(23)20-14-11-15-24-20/h18-20H,5-17H2,1-4H3. The van der Waals surface area contributed by atoms with Gasteiger partial charge in [0.25, 0.3) is 5.91 Å². The zero-order valence-electron chi connectivity index (χ0n) is 16.7. The van der Waals surface area contributed by atoms with Crippen molar-refractivity contribution in [2.24, 2.45) is 11.8 Å². The van der Waals surface area contributed by atoms with Gasteiger partial charge in [-0.15, -0.1) is 0 Å². The minimum Gasteiger partial charge on any atom is -0.368 e. The summed E-state index contributed by atoms with van der Waals surface area (Å²) in [5.74, 6) is 1.54. The Bertz CT molecular complexity index is 308. The van der Waals surface area contributed by atoms with E-state index in [1.165, 1.54) is 51.4 Å². The molecular weight excluding hydrogens is 298 g/mol. The lowest BCUT2D eigenvalue weighted by atomic mass is 9.95. The number of carbonyl (C=O) groups excluding carboxylic acids is 1. The Balaban J connectivity index is 2.70. The highest BCUT2D eigenvalue weighted by molar-refractivity contribution is 5.81. The number of rotatable bonds is 13. The molecule has 3 nitrogen and oxygen atoms in total. The van der Waals surface area contributed by atoms with Gasteiger partial charge in [0.2, 0.25) is 0 Å². The maximum absolute atomic E-state index is 13.0. The number of hydrogen-bond acceptors (Lipinski definition) is 2. The van der Waals surface area contributed by atoms with Gasteiger partial charge in [-0.05, 0) is 37.5 Å². The van der Waals surface area contributed by atoms with E-state index in [-0.39, 0.29) is 12.0 Å². The van der Waals surface area contributed by atoms with Gasteiger partial charge in [-0.25, -0.2) is 0 Å². The molecule has 3 atom stereocenters. The average Bonchev–Trinajstić information content (AvgIpc) is 3.14. The Labute approximate surface area is 150 Å². The maximum atomic E-state index is 13.0. The van der Waals surface area contributed by atoms with Crippen molar-refractivity contribution in [2.45, 2.75) is 98.0 Å². The average molecular weight is 340 g/mol. The van der Waals surface area contributed by atoms with Crippen LogP contribution in [0.3, 0.4) is 0 Å². The molecule has 3 heteroatoms. The van der Waals surface area contributed by atoms with E-state index in [0.29, 0.717) is 11.8 Å². The molecule has 0 radical (unpaired) electrons. The number of carbonyl (C=O) groups is 1. The molecule has 0 bridgehead atoms. The van der Waals surface area contributed by atoms with Gasteiger partial charge in [0, 0.05) is 19.7 Å². The Morgan fingerprint density at radius 3 is 1.92 bits per heavy atom. The fourth-order valence-corrected chi connectivity index (χ4v) is 3.69. The van der Waals surface area contributed by atoms with Crippen molar-refractivity contribution in [1.82, 2.24) is 4.90 Å². The molecule has 0 aliphatic carbocycles. The second kappa shape index (κ2) is 12.7. The van der Waals surface area contributed by atoms with Gasteiger partial charge < -0.3 is 9.64 Å². The third-order valence-electron chi connectivity index (χ3n) is 5.56. The Hall–Kier alpha value is -0.570. The van der Waals surface area contributed by atoms with Crippen LogP contribution in [0.4, 0.5) is 0 Å². The molecule has 24 heavy (non-hydrogen) atoms. The smallest absolute Gasteiger partial charge is 0.251 e. The van der Waals surface area contributed by atoms with Gasteiger partial charge in [0.05, 0.1) is 0 Å². The van der Waals surface area contributed by atoms with Crippen molar-refractivity contribution in [3.63, 3.8) is 0 Å². The van der Waals surface area contributed by atoms with E-state index < -0.39 is 0 Å². The molecule has 0 saturated carbocycles. The summed E-state index contributed by atoms with van der Waals surface area (Å²) >= 11 is 0. The summed E-state index contributed by atoms with van der Waals surface area (Å²) in [6.07, 6.45) is 11.6. The molecule has 1 aliphatic rings. The van der Waals surface area contributed by atoms with Crippen LogP contribution in [0.5, 0.6) is 0 Å². The van der Waals surface area contributed by atoms with E-state index >= 15 is 0 Å². The first kappa shape index (κ1) is 21.5. The van der Waals surface area contributed by atoms with E-state index in [1.807, 2.05) is 0 Å². The van der Waals surface area contributed by atoms with Crippen molar-refractivity contribution in [3.8, 4) is 0 Å². The van der Waals surface area contributed by atoms with Gasteiger partial charge in [-0.3, -0.25) is 4.79 Å². The SMILES string of the molecule is CCCCC(CC)CN(CC(CC)CCCC)C(=O)C1CCCO1. The molecule has 3 unspecified atom stereocenters. The fourth-order valence-electron chi connectivity index (χ4n) is 3.69. The van der Waals surface area contributed by atoms with Crippen LogP contribution in [0, 0.1) is 11.8 Å². The summed E-state index contributed by atoms with van der Waals surface area (Å²) in [5, 5.41) is 0. The van der Waals surface area contributed by atoms with E-state index in [9.17, 15) is 4.79 Å². The van der Waals surface area contributed by atoms with Crippen LogP contribution in [-0.4, -0.2) is 36.6 Å². The Morgan fingerprint density at radius 1 is 1.00 bits per heavy atom. The zero-order valence-corrected chi connectivity index (χ0v) is 16.7. The predicted octanol–water partition coefficient (Wildman–Crippen LogP) is 5.43. The van der Waals surface area contributed by atoms with Crippen molar-refractivity contribution < 1.29 is 9.53 Å². The Kier molecular flexibility index (Phi) is 11.4. The third-order valence-corrected chi connectivity index (χ3v) is 5.56. The minimum atomic E-state index is -0.169. The van der Waals surface area contributed by atoms with E-state index in [4.69, 9.17) is 4.74 Å². The zero-order chi connectivity index (χ0) is 17.8. The number of unbranched alkanes of at least 4 members (excludes halogenated alkanes) is 2. The summed E-state index contributed by atoms with van der Waals surface area (Å²) < 4.78 is 5.70. The Morgan fingerprint density at radius 2 is 1.54 bits per heavy atom. The predicted molar refractivity (Wildman–Crippen MR) is 102 cm³/mol. The van der Waals surface area contributed by atoms with E-state index in [2.05, 4.69) is 32.6 Å². The molecule has 1 heterocycles. The van der Waals surface area contributed by atoms with Gasteiger partial charge in [-0.2, -0.15) is 0 Å². The lowest BCUT2D eigenvalue weighted by Crippen LogP contribution is -2.44. The van der Waals surface area contributed by atoms with Crippen molar-refractivity contribution >= 4 is 5.91 Å². The maximum Gasteiger partial charge on any atom is 0.251 e. The van der Waals surface area contributed by atoms with Crippen LogP contribution >= 0.6 is 0 Å². The number of ether oxygens (including phenoxy) is 1. The quantitative estimate of drug-likeness (QED) is 0.448. The molecule has 1 amide bonds. The molecule has 0 aromatic rings. The fraction of sp³-hybridized carbons (Fsp3) is 0.952. The normalized spacial score (nSPS) is 20.1. The lowest BCUT2D eigenvalue weighted by molar-refractivity contribution is -0.142.